The Hall–Kier alpha value is -1.59. The molecule has 1 heterocycles. The molecular formula is C18H28ClN3O2. The van der Waals surface area contributed by atoms with Gasteiger partial charge in [0.1, 0.15) is 6.04 Å². The van der Waals surface area contributed by atoms with Crippen LogP contribution in [0.2, 0.25) is 0 Å². The van der Waals surface area contributed by atoms with E-state index in [2.05, 4.69) is 10.6 Å². The van der Waals surface area contributed by atoms with Gasteiger partial charge in [0, 0.05) is 19.6 Å². The van der Waals surface area contributed by atoms with Crippen LogP contribution in [0.1, 0.15) is 25.8 Å². The van der Waals surface area contributed by atoms with E-state index >= 15 is 0 Å². The van der Waals surface area contributed by atoms with Crippen LogP contribution in [-0.4, -0.2) is 48.9 Å². The number of likely N-dealkylation sites (N-methyl/N-ethyl adjacent to an activating group) is 1. The number of carbonyl (C=O) groups excluding carboxylic acids is 2. The fourth-order valence-electron chi connectivity index (χ4n) is 2.89. The lowest BCUT2D eigenvalue weighted by Gasteiger charge is -2.30. The fourth-order valence-corrected chi connectivity index (χ4v) is 2.89. The van der Waals surface area contributed by atoms with Crippen molar-refractivity contribution in [2.45, 2.75) is 38.8 Å². The third-order valence-corrected chi connectivity index (χ3v) is 4.39. The number of benzene rings is 1. The van der Waals surface area contributed by atoms with Gasteiger partial charge in [0.15, 0.2) is 0 Å². The monoisotopic (exact) mass is 353 g/mol. The predicted octanol–water partition coefficient (Wildman–Crippen LogP) is 1.61. The van der Waals surface area contributed by atoms with Crippen molar-refractivity contribution in [3.8, 4) is 0 Å². The summed E-state index contributed by atoms with van der Waals surface area (Å²) in [5, 5.41) is 6.19. The van der Waals surface area contributed by atoms with Crippen LogP contribution in [0.4, 0.5) is 0 Å². The van der Waals surface area contributed by atoms with Crippen LogP contribution in [0.15, 0.2) is 30.3 Å². The Bertz CT molecular complexity index is 530. The number of rotatable bonds is 6. The first-order chi connectivity index (χ1) is 11.0. The molecule has 0 spiro atoms. The molecule has 1 aromatic carbocycles. The molecule has 0 radical (unpaired) electrons. The van der Waals surface area contributed by atoms with Gasteiger partial charge in [-0.3, -0.25) is 9.59 Å². The maximum absolute atomic E-state index is 12.7. The second-order valence-electron chi connectivity index (χ2n) is 6.55. The summed E-state index contributed by atoms with van der Waals surface area (Å²) in [6.45, 7) is 5.69. The number of carbonyl (C=O) groups is 2. The molecule has 1 fully saturated rings. The quantitative estimate of drug-likeness (QED) is 0.816. The predicted molar refractivity (Wildman–Crippen MR) is 98.2 cm³/mol. The van der Waals surface area contributed by atoms with E-state index in [0.717, 1.165) is 25.1 Å². The normalized spacial score (nSPS) is 17.9. The lowest BCUT2D eigenvalue weighted by Crippen LogP contribution is -2.53. The molecule has 24 heavy (non-hydrogen) atoms. The highest BCUT2D eigenvalue weighted by Gasteiger charge is 2.31. The molecular weight excluding hydrogens is 326 g/mol. The summed E-state index contributed by atoms with van der Waals surface area (Å²) in [5.41, 5.74) is 0.952. The maximum Gasteiger partial charge on any atom is 0.245 e. The van der Waals surface area contributed by atoms with Crippen molar-refractivity contribution in [2.24, 2.45) is 5.92 Å². The summed E-state index contributed by atoms with van der Waals surface area (Å²) in [6, 6.07) is 9.33. The molecule has 6 heteroatoms. The van der Waals surface area contributed by atoms with Gasteiger partial charge in [-0.1, -0.05) is 44.2 Å². The summed E-state index contributed by atoms with van der Waals surface area (Å²) < 4.78 is 0. The molecule has 1 saturated heterocycles. The van der Waals surface area contributed by atoms with Crippen LogP contribution in [0, 0.1) is 5.92 Å². The average molecular weight is 354 g/mol. The van der Waals surface area contributed by atoms with Gasteiger partial charge in [0.2, 0.25) is 11.8 Å². The van der Waals surface area contributed by atoms with E-state index in [9.17, 15) is 9.59 Å². The van der Waals surface area contributed by atoms with Gasteiger partial charge < -0.3 is 15.5 Å². The molecule has 0 aromatic heterocycles. The Labute approximate surface area is 150 Å². The fraction of sp³-hybridized carbons (Fsp3) is 0.556. The number of halogens is 1. The third-order valence-electron chi connectivity index (χ3n) is 4.39. The first kappa shape index (κ1) is 20.5. The highest BCUT2D eigenvalue weighted by molar-refractivity contribution is 5.88. The van der Waals surface area contributed by atoms with Gasteiger partial charge in [-0.05, 0) is 24.4 Å². The van der Waals surface area contributed by atoms with E-state index in [4.69, 9.17) is 0 Å². The van der Waals surface area contributed by atoms with Crippen molar-refractivity contribution in [2.75, 3.05) is 20.1 Å². The van der Waals surface area contributed by atoms with Gasteiger partial charge in [-0.15, -0.1) is 12.4 Å². The van der Waals surface area contributed by atoms with Gasteiger partial charge in [-0.2, -0.15) is 0 Å². The zero-order valence-electron chi connectivity index (χ0n) is 14.6. The molecule has 0 saturated carbocycles. The molecule has 0 aliphatic carbocycles. The van der Waals surface area contributed by atoms with Crippen LogP contribution < -0.4 is 10.6 Å². The topological polar surface area (TPSA) is 61.4 Å². The summed E-state index contributed by atoms with van der Waals surface area (Å²) in [7, 11) is 1.83. The van der Waals surface area contributed by atoms with Crippen LogP contribution in [-0.2, 0) is 16.0 Å². The van der Waals surface area contributed by atoms with Crippen LogP contribution >= 0.6 is 12.4 Å². The Morgan fingerprint density at radius 2 is 1.96 bits per heavy atom. The van der Waals surface area contributed by atoms with Crippen LogP contribution in [0.25, 0.3) is 0 Å². The highest BCUT2D eigenvalue weighted by Crippen LogP contribution is 2.12. The average Bonchev–Trinajstić information content (AvgIpc) is 3.06. The standard InChI is InChI=1S/C18H27N3O2.ClH/c1-13(2)17(18(23)21(3)15-9-10-19-12-15)20-16(22)11-14-7-5-4-6-8-14;/h4-8,13,15,17,19H,9-12H2,1-3H3,(H,20,22);1H. The largest absolute Gasteiger partial charge is 0.344 e. The molecule has 1 aromatic rings. The van der Waals surface area contributed by atoms with E-state index in [1.54, 1.807) is 4.90 Å². The SMILES string of the molecule is CC(C)C(NC(=O)Cc1ccccc1)C(=O)N(C)C1CCNC1.Cl. The van der Waals surface area contributed by atoms with E-state index < -0.39 is 6.04 Å². The number of amides is 2. The van der Waals surface area contributed by atoms with Gasteiger partial charge in [0.05, 0.1) is 6.42 Å². The summed E-state index contributed by atoms with van der Waals surface area (Å²) >= 11 is 0. The molecule has 2 rings (SSSR count). The summed E-state index contributed by atoms with van der Waals surface area (Å²) in [5.74, 6) is -0.0599. The number of nitrogens with zero attached hydrogens (tertiary/aromatic N) is 1. The van der Waals surface area contributed by atoms with Crippen LogP contribution in [0.3, 0.4) is 0 Å². The molecule has 1 aliphatic rings. The number of nitrogens with one attached hydrogen (secondary N) is 2. The summed E-state index contributed by atoms with van der Waals surface area (Å²) in [4.78, 5) is 26.8. The Morgan fingerprint density at radius 3 is 2.50 bits per heavy atom. The second kappa shape index (κ2) is 9.64. The van der Waals surface area contributed by atoms with E-state index in [-0.39, 0.29) is 36.2 Å². The second-order valence-corrected chi connectivity index (χ2v) is 6.55. The first-order valence-electron chi connectivity index (χ1n) is 8.29. The summed E-state index contributed by atoms with van der Waals surface area (Å²) in [6.07, 6.45) is 1.26. The van der Waals surface area contributed by atoms with Crippen molar-refractivity contribution < 1.29 is 9.59 Å². The molecule has 2 atom stereocenters. The third kappa shape index (κ3) is 5.49. The van der Waals surface area contributed by atoms with Crippen molar-refractivity contribution in [1.82, 2.24) is 15.5 Å². The van der Waals surface area contributed by atoms with Crippen molar-refractivity contribution in [3.05, 3.63) is 35.9 Å². The van der Waals surface area contributed by atoms with Gasteiger partial charge in [-0.25, -0.2) is 0 Å². The molecule has 134 valence electrons. The zero-order valence-corrected chi connectivity index (χ0v) is 15.4. The Kier molecular flexibility index (Phi) is 8.22. The molecule has 0 bridgehead atoms. The number of hydrogen-bond donors (Lipinski definition) is 2. The minimum absolute atomic E-state index is 0. The van der Waals surface area contributed by atoms with Gasteiger partial charge >= 0.3 is 0 Å². The maximum atomic E-state index is 12.7. The van der Waals surface area contributed by atoms with Crippen molar-refractivity contribution in [3.63, 3.8) is 0 Å². The molecule has 1 aliphatic heterocycles. The van der Waals surface area contributed by atoms with E-state index in [1.807, 2.05) is 51.2 Å². The Morgan fingerprint density at radius 1 is 1.29 bits per heavy atom. The van der Waals surface area contributed by atoms with E-state index in [1.165, 1.54) is 0 Å². The highest BCUT2D eigenvalue weighted by atomic mass is 35.5. The minimum Gasteiger partial charge on any atom is -0.344 e. The molecule has 2 N–H and O–H groups in total. The zero-order chi connectivity index (χ0) is 16.8. The lowest BCUT2D eigenvalue weighted by molar-refractivity contribution is -0.138. The van der Waals surface area contributed by atoms with Crippen LogP contribution in [0.5, 0.6) is 0 Å². The lowest BCUT2D eigenvalue weighted by atomic mass is 10.0. The van der Waals surface area contributed by atoms with Crippen molar-refractivity contribution in [1.29, 1.82) is 0 Å². The van der Waals surface area contributed by atoms with E-state index in [0.29, 0.717) is 6.42 Å². The molecule has 5 nitrogen and oxygen atoms in total. The molecule has 2 unspecified atom stereocenters. The smallest absolute Gasteiger partial charge is 0.245 e. The molecule has 2 amide bonds. The minimum atomic E-state index is -0.475. The number of hydrogen-bond acceptors (Lipinski definition) is 3. The first-order valence-corrected chi connectivity index (χ1v) is 8.29. The van der Waals surface area contributed by atoms with Gasteiger partial charge in [0.25, 0.3) is 0 Å². The van der Waals surface area contributed by atoms with Crippen molar-refractivity contribution >= 4 is 24.2 Å². The Balaban J connectivity index is 0.00000288.